The number of rotatable bonds is 6. The number of nitrogens with zero attached hydrogens (tertiary/aromatic N) is 1. The Balaban J connectivity index is 2.06. The number of amides is 1. The van der Waals surface area contributed by atoms with E-state index in [2.05, 4.69) is 16.9 Å². The summed E-state index contributed by atoms with van der Waals surface area (Å²) in [4.78, 5) is 16.6. The monoisotopic (exact) mass is 296 g/mol. The predicted molar refractivity (Wildman–Crippen MR) is 88.0 cm³/mol. The van der Waals surface area contributed by atoms with Crippen LogP contribution in [-0.4, -0.2) is 17.5 Å². The first-order valence-corrected chi connectivity index (χ1v) is 7.11. The minimum Gasteiger partial charge on any atom is -0.473 e. The molecule has 0 radical (unpaired) electrons. The largest absolute Gasteiger partial charge is 0.473 e. The minimum absolute atomic E-state index is 0.0831. The lowest BCUT2D eigenvalue weighted by Gasteiger charge is -2.24. The maximum Gasteiger partial charge on any atom is 0.234 e. The van der Waals surface area contributed by atoms with Crippen molar-refractivity contribution >= 4 is 11.6 Å². The summed E-state index contributed by atoms with van der Waals surface area (Å²) in [5, 5.41) is 2.89. The first kappa shape index (κ1) is 15.8. The molecule has 4 heteroatoms. The molecule has 0 bridgehead atoms. The molecule has 0 saturated heterocycles. The highest BCUT2D eigenvalue weighted by Gasteiger charge is 2.29. The van der Waals surface area contributed by atoms with E-state index in [1.54, 1.807) is 24.4 Å². The van der Waals surface area contributed by atoms with Gasteiger partial charge < -0.3 is 10.1 Å². The standard InChI is InChI=1S/C18H20N2O2/c1-4-12-22-16-11-10-15(13-19-16)20-17(21)18(2,3)14-8-6-5-7-9-14/h4-11,13H,1,12H2,2-3H3,(H,20,21). The summed E-state index contributed by atoms with van der Waals surface area (Å²) < 4.78 is 5.31. The molecule has 1 N–H and O–H groups in total. The van der Waals surface area contributed by atoms with Crippen LogP contribution in [0.25, 0.3) is 0 Å². The molecule has 1 amide bonds. The molecule has 0 spiro atoms. The molecule has 0 unspecified atom stereocenters. The van der Waals surface area contributed by atoms with E-state index < -0.39 is 5.41 Å². The van der Waals surface area contributed by atoms with Gasteiger partial charge in [0, 0.05) is 6.07 Å². The van der Waals surface area contributed by atoms with Crippen molar-refractivity contribution in [2.75, 3.05) is 11.9 Å². The van der Waals surface area contributed by atoms with Gasteiger partial charge in [-0.3, -0.25) is 4.79 Å². The molecule has 2 rings (SSSR count). The summed E-state index contributed by atoms with van der Waals surface area (Å²) in [7, 11) is 0. The molecule has 2 aromatic rings. The van der Waals surface area contributed by atoms with Gasteiger partial charge >= 0.3 is 0 Å². The van der Waals surface area contributed by atoms with Crippen LogP contribution in [0.5, 0.6) is 5.88 Å². The van der Waals surface area contributed by atoms with Crippen molar-refractivity contribution in [2.24, 2.45) is 0 Å². The summed E-state index contributed by atoms with van der Waals surface area (Å²) in [5.41, 5.74) is 0.977. The van der Waals surface area contributed by atoms with Crippen LogP contribution < -0.4 is 10.1 Å². The molecule has 1 aromatic heterocycles. The summed E-state index contributed by atoms with van der Waals surface area (Å²) >= 11 is 0. The molecule has 22 heavy (non-hydrogen) atoms. The number of aromatic nitrogens is 1. The highest BCUT2D eigenvalue weighted by molar-refractivity contribution is 5.98. The van der Waals surface area contributed by atoms with E-state index in [-0.39, 0.29) is 5.91 Å². The van der Waals surface area contributed by atoms with Crippen LogP contribution in [0.4, 0.5) is 5.69 Å². The van der Waals surface area contributed by atoms with Crippen LogP contribution >= 0.6 is 0 Å². The van der Waals surface area contributed by atoms with Crippen molar-refractivity contribution in [3.05, 3.63) is 66.9 Å². The molecule has 1 heterocycles. The molecular formula is C18H20N2O2. The average molecular weight is 296 g/mol. The van der Waals surface area contributed by atoms with E-state index in [0.29, 0.717) is 18.2 Å². The number of pyridine rings is 1. The Kier molecular flexibility index (Phi) is 4.94. The maximum atomic E-state index is 12.5. The zero-order valence-corrected chi connectivity index (χ0v) is 12.9. The summed E-state index contributed by atoms with van der Waals surface area (Å²) in [6.07, 6.45) is 3.23. The first-order chi connectivity index (χ1) is 10.5. The number of hydrogen-bond acceptors (Lipinski definition) is 3. The van der Waals surface area contributed by atoms with Crippen molar-refractivity contribution in [2.45, 2.75) is 19.3 Å². The fraction of sp³-hybridized carbons (Fsp3) is 0.222. The van der Waals surface area contributed by atoms with Gasteiger partial charge in [0.25, 0.3) is 0 Å². The lowest BCUT2D eigenvalue weighted by Crippen LogP contribution is -2.34. The van der Waals surface area contributed by atoms with Gasteiger partial charge in [-0.2, -0.15) is 0 Å². The molecular weight excluding hydrogens is 276 g/mol. The number of hydrogen-bond donors (Lipinski definition) is 1. The zero-order chi connectivity index (χ0) is 16.0. The van der Waals surface area contributed by atoms with E-state index in [1.807, 2.05) is 44.2 Å². The van der Waals surface area contributed by atoms with Crippen LogP contribution in [0, 0.1) is 0 Å². The van der Waals surface area contributed by atoms with E-state index in [0.717, 1.165) is 5.56 Å². The summed E-state index contributed by atoms with van der Waals surface area (Å²) in [6, 6.07) is 13.2. The minimum atomic E-state index is -0.626. The summed E-state index contributed by atoms with van der Waals surface area (Å²) in [5.74, 6) is 0.417. The first-order valence-electron chi connectivity index (χ1n) is 7.11. The quantitative estimate of drug-likeness (QED) is 0.829. The molecule has 0 aliphatic heterocycles. The van der Waals surface area contributed by atoms with E-state index in [1.165, 1.54) is 0 Å². The van der Waals surface area contributed by atoms with Gasteiger partial charge in [0.2, 0.25) is 11.8 Å². The fourth-order valence-corrected chi connectivity index (χ4v) is 1.96. The van der Waals surface area contributed by atoms with Gasteiger partial charge in [-0.1, -0.05) is 43.0 Å². The number of benzene rings is 1. The third-order valence-corrected chi connectivity index (χ3v) is 3.41. The van der Waals surface area contributed by atoms with Crippen molar-refractivity contribution in [1.29, 1.82) is 0 Å². The summed E-state index contributed by atoms with van der Waals surface area (Å²) in [6.45, 7) is 7.77. The number of carbonyl (C=O) groups is 1. The smallest absolute Gasteiger partial charge is 0.234 e. The van der Waals surface area contributed by atoms with E-state index >= 15 is 0 Å². The van der Waals surface area contributed by atoms with Gasteiger partial charge in [0.1, 0.15) is 6.61 Å². The van der Waals surface area contributed by atoms with Crippen molar-refractivity contribution in [3.63, 3.8) is 0 Å². The number of ether oxygens (including phenoxy) is 1. The van der Waals surface area contributed by atoms with E-state index in [9.17, 15) is 4.79 Å². The van der Waals surface area contributed by atoms with E-state index in [4.69, 9.17) is 4.74 Å². The Hall–Kier alpha value is -2.62. The topological polar surface area (TPSA) is 51.2 Å². The highest BCUT2D eigenvalue weighted by atomic mass is 16.5. The van der Waals surface area contributed by atoms with Gasteiger partial charge in [-0.15, -0.1) is 0 Å². The second-order valence-electron chi connectivity index (χ2n) is 5.43. The molecule has 0 atom stereocenters. The maximum absolute atomic E-state index is 12.5. The fourth-order valence-electron chi connectivity index (χ4n) is 1.96. The SMILES string of the molecule is C=CCOc1ccc(NC(=O)C(C)(C)c2ccccc2)cn1. The second-order valence-corrected chi connectivity index (χ2v) is 5.43. The lowest BCUT2D eigenvalue weighted by molar-refractivity contribution is -0.120. The Morgan fingerprint density at radius 2 is 2.00 bits per heavy atom. The molecule has 4 nitrogen and oxygen atoms in total. The Morgan fingerprint density at radius 1 is 1.27 bits per heavy atom. The van der Waals surface area contributed by atoms with Crippen molar-refractivity contribution in [1.82, 2.24) is 4.98 Å². The molecule has 0 saturated carbocycles. The van der Waals surface area contributed by atoms with Gasteiger partial charge in [0.05, 0.1) is 17.3 Å². The molecule has 0 aliphatic carbocycles. The highest BCUT2D eigenvalue weighted by Crippen LogP contribution is 2.25. The Bertz CT molecular complexity index is 634. The molecule has 1 aromatic carbocycles. The normalized spacial score (nSPS) is 10.8. The van der Waals surface area contributed by atoms with Gasteiger partial charge in [0.15, 0.2) is 0 Å². The van der Waals surface area contributed by atoms with Gasteiger partial charge in [-0.25, -0.2) is 4.98 Å². The van der Waals surface area contributed by atoms with Crippen molar-refractivity contribution < 1.29 is 9.53 Å². The zero-order valence-electron chi connectivity index (χ0n) is 12.9. The van der Waals surface area contributed by atoms with Crippen LogP contribution in [-0.2, 0) is 10.2 Å². The number of nitrogens with one attached hydrogen (secondary N) is 1. The van der Waals surface area contributed by atoms with Crippen LogP contribution in [0.3, 0.4) is 0 Å². The van der Waals surface area contributed by atoms with Crippen LogP contribution in [0.2, 0.25) is 0 Å². The molecule has 114 valence electrons. The third-order valence-electron chi connectivity index (χ3n) is 3.41. The molecule has 0 aliphatic rings. The number of anilines is 1. The average Bonchev–Trinajstić information content (AvgIpc) is 2.55. The number of carbonyl (C=O) groups excluding carboxylic acids is 1. The lowest BCUT2D eigenvalue weighted by atomic mass is 9.84. The van der Waals surface area contributed by atoms with Gasteiger partial charge in [-0.05, 0) is 25.5 Å². The van der Waals surface area contributed by atoms with Crippen LogP contribution in [0.1, 0.15) is 19.4 Å². The van der Waals surface area contributed by atoms with Crippen molar-refractivity contribution in [3.8, 4) is 5.88 Å². The third kappa shape index (κ3) is 3.73. The second kappa shape index (κ2) is 6.89. The molecule has 0 fully saturated rings. The Labute approximate surface area is 130 Å². The predicted octanol–water partition coefficient (Wildman–Crippen LogP) is 3.56. The Morgan fingerprint density at radius 3 is 2.59 bits per heavy atom. The van der Waals surface area contributed by atoms with Crippen LogP contribution in [0.15, 0.2) is 61.3 Å².